The van der Waals surface area contributed by atoms with E-state index in [2.05, 4.69) is 74.0 Å². The van der Waals surface area contributed by atoms with Crippen molar-refractivity contribution in [2.24, 2.45) is 0 Å². The number of aromatic nitrogens is 3. The highest BCUT2D eigenvalue weighted by Gasteiger charge is 2.05. The molecule has 0 aliphatic carbocycles. The van der Waals surface area contributed by atoms with E-state index in [1.807, 2.05) is 10.9 Å². The molecular weight excluding hydrogens is 369 g/mol. The SMILES string of the molecule is Ic1ccccc1CCn1cc(-c2ccsc2)nn1. The third-order valence-corrected chi connectivity index (χ3v) is 4.66. The summed E-state index contributed by atoms with van der Waals surface area (Å²) in [5, 5.41) is 12.5. The van der Waals surface area contributed by atoms with Crippen molar-refractivity contribution in [2.75, 3.05) is 0 Å². The highest BCUT2D eigenvalue weighted by Crippen LogP contribution is 2.19. The van der Waals surface area contributed by atoms with E-state index in [0.717, 1.165) is 24.2 Å². The maximum Gasteiger partial charge on any atom is 0.113 e. The zero-order valence-electron chi connectivity index (χ0n) is 10.2. The van der Waals surface area contributed by atoms with Crippen molar-refractivity contribution in [3.63, 3.8) is 0 Å². The monoisotopic (exact) mass is 381 g/mol. The van der Waals surface area contributed by atoms with E-state index in [-0.39, 0.29) is 0 Å². The Morgan fingerprint density at radius 3 is 2.89 bits per heavy atom. The molecule has 1 aromatic carbocycles. The van der Waals surface area contributed by atoms with Crippen LogP contribution in [0.2, 0.25) is 0 Å². The van der Waals surface area contributed by atoms with E-state index < -0.39 is 0 Å². The van der Waals surface area contributed by atoms with Gasteiger partial charge in [-0.15, -0.1) is 5.10 Å². The highest BCUT2D eigenvalue weighted by atomic mass is 127. The van der Waals surface area contributed by atoms with Crippen molar-refractivity contribution in [1.82, 2.24) is 15.0 Å². The summed E-state index contributed by atoms with van der Waals surface area (Å²) in [5.74, 6) is 0. The van der Waals surface area contributed by atoms with Crippen molar-refractivity contribution < 1.29 is 0 Å². The molecule has 0 unspecified atom stereocenters. The molecule has 0 N–H and O–H groups in total. The Bertz CT molecular complexity index is 661. The van der Waals surface area contributed by atoms with Crippen molar-refractivity contribution in [3.8, 4) is 11.3 Å². The van der Waals surface area contributed by atoms with Crippen LogP contribution in [0.25, 0.3) is 11.3 Å². The lowest BCUT2D eigenvalue weighted by Crippen LogP contribution is -2.03. The molecule has 0 aliphatic heterocycles. The Hall–Kier alpha value is -1.21. The van der Waals surface area contributed by atoms with Crippen LogP contribution in [-0.2, 0) is 13.0 Å². The van der Waals surface area contributed by atoms with E-state index in [9.17, 15) is 0 Å². The number of rotatable bonds is 4. The summed E-state index contributed by atoms with van der Waals surface area (Å²) in [5.41, 5.74) is 3.45. The van der Waals surface area contributed by atoms with Crippen molar-refractivity contribution in [2.45, 2.75) is 13.0 Å². The molecule has 0 saturated carbocycles. The molecule has 0 atom stereocenters. The molecule has 2 heterocycles. The third kappa shape index (κ3) is 3.03. The lowest BCUT2D eigenvalue weighted by atomic mass is 10.1. The zero-order valence-corrected chi connectivity index (χ0v) is 13.1. The van der Waals surface area contributed by atoms with Crippen molar-refractivity contribution >= 4 is 33.9 Å². The normalized spacial score (nSPS) is 10.8. The molecule has 0 saturated heterocycles. The Balaban J connectivity index is 1.70. The van der Waals surface area contributed by atoms with E-state index in [0.29, 0.717) is 0 Å². The van der Waals surface area contributed by atoms with Crippen LogP contribution >= 0.6 is 33.9 Å². The first-order chi connectivity index (χ1) is 9.33. The summed E-state index contributed by atoms with van der Waals surface area (Å²) in [4.78, 5) is 0. The maximum absolute atomic E-state index is 4.21. The van der Waals surface area contributed by atoms with Gasteiger partial charge in [0.15, 0.2) is 0 Å². The quantitative estimate of drug-likeness (QED) is 0.643. The Kier molecular flexibility index (Phi) is 3.93. The van der Waals surface area contributed by atoms with Crippen LogP contribution in [0.4, 0.5) is 0 Å². The van der Waals surface area contributed by atoms with Gasteiger partial charge in [0, 0.05) is 21.1 Å². The molecule has 0 aliphatic rings. The largest absolute Gasteiger partial charge is 0.252 e. The predicted octanol–water partition coefficient (Wildman–Crippen LogP) is 3.85. The molecule has 0 fully saturated rings. The molecule has 96 valence electrons. The fourth-order valence-corrected chi connectivity index (χ4v) is 3.19. The molecule has 3 rings (SSSR count). The summed E-state index contributed by atoms with van der Waals surface area (Å²) in [7, 11) is 0. The molecule has 3 aromatic rings. The molecule has 3 nitrogen and oxygen atoms in total. The zero-order chi connectivity index (χ0) is 13.1. The van der Waals surface area contributed by atoms with Gasteiger partial charge < -0.3 is 0 Å². The third-order valence-electron chi connectivity index (χ3n) is 2.92. The lowest BCUT2D eigenvalue weighted by Gasteiger charge is -2.03. The van der Waals surface area contributed by atoms with Gasteiger partial charge in [-0.25, -0.2) is 0 Å². The average molecular weight is 381 g/mol. The van der Waals surface area contributed by atoms with Crippen LogP contribution in [0.15, 0.2) is 47.3 Å². The van der Waals surface area contributed by atoms with Gasteiger partial charge in [-0.2, -0.15) is 11.3 Å². The van der Waals surface area contributed by atoms with Gasteiger partial charge in [0.25, 0.3) is 0 Å². The fourth-order valence-electron chi connectivity index (χ4n) is 1.89. The Morgan fingerprint density at radius 1 is 1.21 bits per heavy atom. The van der Waals surface area contributed by atoms with Gasteiger partial charge in [-0.05, 0) is 52.1 Å². The number of hydrogen-bond donors (Lipinski definition) is 0. The van der Waals surface area contributed by atoms with Crippen LogP contribution in [0.1, 0.15) is 5.56 Å². The topological polar surface area (TPSA) is 30.7 Å². The number of thiophene rings is 1. The number of benzene rings is 1. The Morgan fingerprint density at radius 2 is 2.11 bits per heavy atom. The highest BCUT2D eigenvalue weighted by molar-refractivity contribution is 14.1. The molecule has 19 heavy (non-hydrogen) atoms. The summed E-state index contributed by atoms with van der Waals surface area (Å²) < 4.78 is 3.22. The first-order valence-electron chi connectivity index (χ1n) is 5.99. The Labute approximate surface area is 129 Å². The van der Waals surface area contributed by atoms with Gasteiger partial charge >= 0.3 is 0 Å². The van der Waals surface area contributed by atoms with Gasteiger partial charge in [0.1, 0.15) is 5.69 Å². The molecule has 0 radical (unpaired) electrons. The van der Waals surface area contributed by atoms with Crippen molar-refractivity contribution in [3.05, 3.63) is 56.4 Å². The number of halogens is 1. The van der Waals surface area contributed by atoms with Gasteiger partial charge in [-0.1, -0.05) is 23.4 Å². The second-order valence-electron chi connectivity index (χ2n) is 4.22. The molecule has 5 heteroatoms. The van der Waals surface area contributed by atoms with E-state index in [4.69, 9.17) is 0 Å². The lowest BCUT2D eigenvalue weighted by molar-refractivity contribution is 0.588. The smallest absolute Gasteiger partial charge is 0.113 e. The minimum Gasteiger partial charge on any atom is -0.252 e. The minimum atomic E-state index is 0.858. The van der Waals surface area contributed by atoms with Crippen LogP contribution in [0, 0.1) is 3.57 Å². The minimum absolute atomic E-state index is 0.858. The van der Waals surface area contributed by atoms with Crippen LogP contribution < -0.4 is 0 Å². The average Bonchev–Trinajstić information content (AvgIpc) is 3.09. The van der Waals surface area contributed by atoms with E-state index in [1.54, 1.807) is 11.3 Å². The van der Waals surface area contributed by atoms with Gasteiger partial charge in [0.05, 0.1) is 6.20 Å². The number of hydrogen-bond acceptors (Lipinski definition) is 3. The molecule has 0 amide bonds. The molecule has 0 bridgehead atoms. The van der Waals surface area contributed by atoms with E-state index >= 15 is 0 Å². The summed E-state index contributed by atoms with van der Waals surface area (Å²) in [6.45, 7) is 0.858. The fraction of sp³-hybridized carbons (Fsp3) is 0.143. The van der Waals surface area contributed by atoms with Gasteiger partial charge in [-0.3, -0.25) is 4.68 Å². The number of aryl methyl sites for hydroxylation is 2. The predicted molar refractivity (Wildman–Crippen MR) is 86.2 cm³/mol. The van der Waals surface area contributed by atoms with Crippen LogP contribution in [0.5, 0.6) is 0 Å². The van der Waals surface area contributed by atoms with Crippen LogP contribution in [0.3, 0.4) is 0 Å². The summed E-state index contributed by atoms with van der Waals surface area (Å²) in [6, 6.07) is 10.5. The summed E-state index contributed by atoms with van der Waals surface area (Å²) in [6.07, 6.45) is 2.99. The first-order valence-corrected chi connectivity index (χ1v) is 8.01. The molecule has 2 aromatic heterocycles. The van der Waals surface area contributed by atoms with E-state index in [1.165, 1.54) is 9.13 Å². The van der Waals surface area contributed by atoms with Crippen molar-refractivity contribution in [1.29, 1.82) is 0 Å². The standard InChI is InChI=1S/C14H12IN3S/c15-13-4-2-1-3-11(13)5-7-18-9-14(16-17-18)12-6-8-19-10-12/h1-4,6,8-10H,5,7H2. The second kappa shape index (κ2) is 5.83. The molecular formula is C14H12IN3S. The number of nitrogens with zero attached hydrogens (tertiary/aromatic N) is 3. The molecule has 0 spiro atoms. The summed E-state index contributed by atoms with van der Waals surface area (Å²) >= 11 is 4.05. The maximum atomic E-state index is 4.21. The first kappa shape index (κ1) is 12.8. The second-order valence-corrected chi connectivity index (χ2v) is 6.16. The van der Waals surface area contributed by atoms with Crippen LogP contribution in [-0.4, -0.2) is 15.0 Å². The van der Waals surface area contributed by atoms with Gasteiger partial charge in [0.2, 0.25) is 0 Å².